The van der Waals surface area contributed by atoms with Gasteiger partial charge in [0.05, 0.1) is 0 Å². The van der Waals surface area contributed by atoms with Gasteiger partial charge in [-0.15, -0.1) is 0 Å². The van der Waals surface area contributed by atoms with Crippen molar-refractivity contribution in [1.82, 2.24) is 0 Å². The van der Waals surface area contributed by atoms with Crippen molar-refractivity contribution in [2.75, 3.05) is 0 Å². The Kier molecular flexibility index (Phi) is 4.60. The summed E-state index contributed by atoms with van der Waals surface area (Å²) in [4.78, 5) is 0. The third kappa shape index (κ3) is 3.46. The monoisotopic (exact) mass is 243 g/mol. The summed E-state index contributed by atoms with van der Waals surface area (Å²) >= 11 is 0. The van der Waals surface area contributed by atoms with Gasteiger partial charge in [-0.05, 0) is 62.6 Å². The van der Waals surface area contributed by atoms with Crippen LogP contribution in [0.25, 0.3) is 0 Å². The summed E-state index contributed by atoms with van der Waals surface area (Å²) in [6, 6.07) is 6.93. The van der Waals surface area contributed by atoms with Crippen LogP contribution in [-0.4, -0.2) is 6.04 Å². The van der Waals surface area contributed by atoms with E-state index in [1.807, 2.05) is 0 Å². The molecule has 0 saturated carbocycles. The van der Waals surface area contributed by atoms with Crippen molar-refractivity contribution in [2.45, 2.75) is 58.4 Å². The molecule has 0 amide bonds. The van der Waals surface area contributed by atoms with Crippen molar-refractivity contribution in [2.24, 2.45) is 5.73 Å². The molecule has 1 unspecified atom stereocenters. The molecule has 2 N–H and O–H groups in total. The molecule has 0 aliphatic heterocycles. The van der Waals surface area contributed by atoms with E-state index in [1.165, 1.54) is 54.4 Å². The fourth-order valence-electron chi connectivity index (χ4n) is 2.69. The predicted molar refractivity (Wildman–Crippen MR) is 78.8 cm³/mol. The molecule has 1 atom stereocenters. The minimum absolute atomic E-state index is 0.213. The molecule has 1 nitrogen and oxygen atoms in total. The highest BCUT2D eigenvalue weighted by Gasteiger charge is 2.12. The largest absolute Gasteiger partial charge is 0.324 e. The third-order valence-electron chi connectivity index (χ3n) is 4.08. The second kappa shape index (κ2) is 6.19. The first-order chi connectivity index (χ1) is 8.66. The predicted octanol–water partition coefficient (Wildman–Crippen LogP) is 4.06. The minimum atomic E-state index is 0.213. The summed E-state index contributed by atoms with van der Waals surface area (Å²) in [5.74, 6) is 0. The van der Waals surface area contributed by atoms with Crippen LogP contribution in [0.5, 0.6) is 0 Å². The van der Waals surface area contributed by atoms with Gasteiger partial charge >= 0.3 is 0 Å². The third-order valence-corrected chi connectivity index (χ3v) is 4.08. The Morgan fingerprint density at radius 2 is 1.94 bits per heavy atom. The van der Waals surface area contributed by atoms with Crippen LogP contribution >= 0.6 is 0 Å². The zero-order chi connectivity index (χ0) is 13.0. The van der Waals surface area contributed by atoms with E-state index in [2.05, 4.69) is 38.1 Å². The fraction of sp³-hybridized carbons (Fsp3) is 0.529. The molecule has 0 bridgehead atoms. The quantitative estimate of drug-likeness (QED) is 0.796. The van der Waals surface area contributed by atoms with Gasteiger partial charge in [-0.3, -0.25) is 0 Å². The molecule has 0 radical (unpaired) electrons. The van der Waals surface area contributed by atoms with Gasteiger partial charge in [0.15, 0.2) is 0 Å². The normalized spacial score (nSPS) is 18.1. The smallest absolute Gasteiger partial charge is 0.0294 e. The lowest BCUT2D eigenvalue weighted by atomic mass is 9.95. The maximum atomic E-state index is 6.37. The average Bonchev–Trinajstić information content (AvgIpc) is 2.62. The van der Waals surface area contributed by atoms with E-state index in [9.17, 15) is 0 Å². The number of hydrogen-bond acceptors (Lipinski definition) is 1. The van der Waals surface area contributed by atoms with Gasteiger partial charge in [-0.2, -0.15) is 0 Å². The van der Waals surface area contributed by atoms with Gasteiger partial charge in [0.2, 0.25) is 0 Å². The summed E-state index contributed by atoms with van der Waals surface area (Å²) in [6.45, 7) is 4.34. The molecule has 1 aliphatic carbocycles. The molecular formula is C17H25N. The van der Waals surface area contributed by atoms with Gasteiger partial charge in [0.25, 0.3) is 0 Å². The van der Waals surface area contributed by atoms with Gasteiger partial charge < -0.3 is 5.73 Å². The molecule has 1 aliphatic rings. The Hall–Kier alpha value is -1.08. The van der Waals surface area contributed by atoms with Gasteiger partial charge in [0, 0.05) is 6.04 Å². The van der Waals surface area contributed by atoms with Crippen molar-refractivity contribution in [1.29, 1.82) is 0 Å². The van der Waals surface area contributed by atoms with Crippen molar-refractivity contribution in [3.8, 4) is 0 Å². The zero-order valence-electron chi connectivity index (χ0n) is 11.7. The van der Waals surface area contributed by atoms with Crippen molar-refractivity contribution in [3.05, 3.63) is 46.5 Å². The van der Waals surface area contributed by atoms with Gasteiger partial charge in [0.1, 0.15) is 0 Å². The maximum absolute atomic E-state index is 6.37. The topological polar surface area (TPSA) is 26.0 Å². The van der Waals surface area contributed by atoms with Crippen LogP contribution in [0.2, 0.25) is 0 Å². The van der Waals surface area contributed by atoms with Crippen LogP contribution in [-0.2, 0) is 6.42 Å². The van der Waals surface area contributed by atoms with Gasteiger partial charge in [-0.25, -0.2) is 0 Å². The van der Waals surface area contributed by atoms with Crippen LogP contribution in [0, 0.1) is 13.8 Å². The van der Waals surface area contributed by atoms with Crippen LogP contribution in [0.4, 0.5) is 0 Å². The minimum Gasteiger partial charge on any atom is -0.324 e. The Balaban J connectivity index is 2.03. The Bertz CT molecular complexity index is 431. The molecule has 1 aromatic carbocycles. The first kappa shape index (κ1) is 13.4. The van der Waals surface area contributed by atoms with E-state index in [1.54, 1.807) is 0 Å². The average molecular weight is 243 g/mol. The molecule has 0 aromatic heterocycles. The summed E-state index contributed by atoms with van der Waals surface area (Å²) in [7, 11) is 0. The maximum Gasteiger partial charge on any atom is 0.0294 e. The van der Waals surface area contributed by atoms with E-state index in [-0.39, 0.29) is 6.04 Å². The van der Waals surface area contributed by atoms with Crippen LogP contribution in [0.1, 0.15) is 48.8 Å². The van der Waals surface area contributed by atoms with E-state index < -0.39 is 0 Å². The highest BCUT2D eigenvalue weighted by Crippen LogP contribution is 2.21. The van der Waals surface area contributed by atoms with Crippen molar-refractivity contribution < 1.29 is 0 Å². The number of benzene rings is 1. The number of rotatable bonds is 3. The van der Waals surface area contributed by atoms with E-state index in [0.29, 0.717) is 0 Å². The summed E-state index contributed by atoms with van der Waals surface area (Å²) in [5.41, 5.74) is 12.0. The van der Waals surface area contributed by atoms with E-state index in [0.717, 1.165) is 6.42 Å². The van der Waals surface area contributed by atoms with Crippen molar-refractivity contribution in [3.63, 3.8) is 0 Å². The number of allylic oxidation sites excluding steroid dienone is 1. The summed E-state index contributed by atoms with van der Waals surface area (Å²) in [5, 5.41) is 0. The second-order valence-corrected chi connectivity index (χ2v) is 5.61. The highest BCUT2D eigenvalue weighted by atomic mass is 14.6. The molecule has 18 heavy (non-hydrogen) atoms. The Morgan fingerprint density at radius 3 is 2.72 bits per heavy atom. The fourth-order valence-corrected chi connectivity index (χ4v) is 2.69. The molecule has 1 heteroatoms. The number of hydrogen-bond donors (Lipinski definition) is 1. The van der Waals surface area contributed by atoms with Crippen LogP contribution < -0.4 is 5.73 Å². The summed E-state index contributed by atoms with van der Waals surface area (Å²) in [6.07, 6.45) is 9.79. The first-order valence-corrected chi connectivity index (χ1v) is 7.17. The molecule has 0 saturated heterocycles. The van der Waals surface area contributed by atoms with E-state index in [4.69, 9.17) is 5.73 Å². The second-order valence-electron chi connectivity index (χ2n) is 5.61. The molecule has 1 aromatic rings. The standard InChI is InChI=1S/C17H25N/c1-13-9-10-15(11-14(13)2)12-17(18)16-7-5-3-4-6-8-16/h7,9-11,17H,3-6,8,12,18H2,1-2H3. The summed E-state index contributed by atoms with van der Waals surface area (Å²) < 4.78 is 0. The molecule has 0 heterocycles. The van der Waals surface area contributed by atoms with Crippen LogP contribution in [0.3, 0.4) is 0 Å². The Morgan fingerprint density at radius 1 is 1.11 bits per heavy atom. The number of nitrogens with two attached hydrogens (primary N) is 1. The zero-order valence-corrected chi connectivity index (χ0v) is 11.7. The Labute approximate surface area is 111 Å². The van der Waals surface area contributed by atoms with Crippen LogP contribution in [0.15, 0.2) is 29.8 Å². The SMILES string of the molecule is Cc1ccc(CC(N)C2=CCCCCC2)cc1C. The molecule has 98 valence electrons. The lowest BCUT2D eigenvalue weighted by Crippen LogP contribution is -2.25. The van der Waals surface area contributed by atoms with Crippen molar-refractivity contribution >= 4 is 0 Å². The lowest BCUT2D eigenvalue weighted by molar-refractivity contribution is 0.671. The molecule has 0 fully saturated rings. The number of aryl methyl sites for hydroxylation is 2. The molecule has 0 spiro atoms. The van der Waals surface area contributed by atoms with E-state index >= 15 is 0 Å². The lowest BCUT2D eigenvalue weighted by Gasteiger charge is -2.16. The first-order valence-electron chi connectivity index (χ1n) is 7.17. The van der Waals surface area contributed by atoms with Gasteiger partial charge in [-0.1, -0.05) is 36.3 Å². The molecule has 2 rings (SSSR count). The molecular weight excluding hydrogens is 218 g/mol. The highest BCUT2D eigenvalue weighted by molar-refractivity contribution is 5.31.